The van der Waals surface area contributed by atoms with E-state index in [2.05, 4.69) is 40.4 Å². The van der Waals surface area contributed by atoms with Gasteiger partial charge in [0.25, 0.3) is 0 Å². The van der Waals surface area contributed by atoms with E-state index in [0.29, 0.717) is 18.4 Å². The number of amides is 1. The summed E-state index contributed by atoms with van der Waals surface area (Å²) in [7, 11) is 0. The molecule has 0 radical (unpaired) electrons. The molecular formula is C23H35N5O2S. The largest absolute Gasteiger partial charge is 0.467 e. The highest BCUT2D eigenvalue weighted by Crippen LogP contribution is 2.31. The Kier molecular flexibility index (Phi) is 6.94. The first kappa shape index (κ1) is 22.2. The maximum absolute atomic E-state index is 13.2. The summed E-state index contributed by atoms with van der Waals surface area (Å²) in [5.41, 5.74) is 0. The summed E-state index contributed by atoms with van der Waals surface area (Å²) in [5, 5.41) is 9.64. The van der Waals surface area contributed by atoms with Crippen molar-refractivity contribution in [3.8, 4) is 0 Å². The molecule has 0 saturated carbocycles. The molecule has 3 atom stereocenters. The lowest BCUT2D eigenvalue weighted by Gasteiger charge is -2.36. The highest BCUT2D eigenvalue weighted by Gasteiger charge is 2.31. The summed E-state index contributed by atoms with van der Waals surface area (Å²) in [5.74, 6) is 3.81. The standard InChI is InChI=1S/C23H35N5O2S/c1-16-7-9-26(10-8-16)22-24-25-23(28(22)15-20-6-5-11-30-20)31-19(4)21(29)27-13-17(2)12-18(3)14-27/h5-6,11,16-19H,7-10,12-15H2,1-4H3. The average molecular weight is 446 g/mol. The Morgan fingerprint density at radius 3 is 2.52 bits per heavy atom. The molecule has 1 amide bonds. The van der Waals surface area contributed by atoms with E-state index in [1.807, 2.05) is 24.0 Å². The summed E-state index contributed by atoms with van der Waals surface area (Å²) < 4.78 is 7.73. The van der Waals surface area contributed by atoms with Gasteiger partial charge in [-0.15, -0.1) is 10.2 Å². The molecule has 2 saturated heterocycles. The van der Waals surface area contributed by atoms with Gasteiger partial charge in [-0.3, -0.25) is 9.36 Å². The zero-order valence-electron chi connectivity index (χ0n) is 19.2. The van der Waals surface area contributed by atoms with Gasteiger partial charge in [-0.1, -0.05) is 32.5 Å². The third kappa shape index (κ3) is 5.27. The van der Waals surface area contributed by atoms with Crippen molar-refractivity contribution in [3.63, 3.8) is 0 Å². The monoisotopic (exact) mass is 445 g/mol. The third-order valence-corrected chi connectivity index (χ3v) is 7.54. The van der Waals surface area contributed by atoms with Crippen molar-refractivity contribution in [1.82, 2.24) is 19.7 Å². The number of furan rings is 1. The second kappa shape index (κ2) is 9.67. The minimum Gasteiger partial charge on any atom is -0.467 e. The van der Waals surface area contributed by atoms with Gasteiger partial charge < -0.3 is 14.2 Å². The van der Waals surface area contributed by atoms with Gasteiger partial charge in [0, 0.05) is 26.2 Å². The molecule has 0 bridgehead atoms. The second-order valence-corrected chi connectivity index (χ2v) is 10.9. The first-order chi connectivity index (χ1) is 14.9. The number of nitrogens with zero attached hydrogens (tertiary/aromatic N) is 5. The number of carbonyl (C=O) groups is 1. The summed E-state index contributed by atoms with van der Waals surface area (Å²) in [6.45, 7) is 13.0. The van der Waals surface area contributed by atoms with Crippen LogP contribution in [0.25, 0.3) is 0 Å². The highest BCUT2D eigenvalue weighted by molar-refractivity contribution is 8.00. The van der Waals surface area contributed by atoms with Crippen molar-refractivity contribution in [1.29, 1.82) is 0 Å². The van der Waals surface area contributed by atoms with Crippen LogP contribution < -0.4 is 4.90 Å². The molecule has 4 rings (SSSR count). The minimum atomic E-state index is -0.203. The van der Waals surface area contributed by atoms with Gasteiger partial charge in [0.1, 0.15) is 5.76 Å². The van der Waals surface area contributed by atoms with E-state index in [9.17, 15) is 4.79 Å². The number of hydrogen-bond donors (Lipinski definition) is 0. The summed E-state index contributed by atoms with van der Waals surface area (Å²) >= 11 is 1.51. The number of rotatable bonds is 6. The minimum absolute atomic E-state index is 0.198. The van der Waals surface area contributed by atoms with E-state index in [-0.39, 0.29) is 11.2 Å². The molecule has 8 heteroatoms. The number of hydrogen-bond acceptors (Lipinski definition) is 6. The molecule has 7 nitrogen and oxygen atoms in total. The lowest BCUT2D eigenvalue weighted by molar-refractivity contribution is -0.132. The molecule has 0 N–H and O–H groups in total. The smallest absolute Gasteiger partial charge is 0.235 e. The Labute approximate surface area is 189 Å². The van der Waals surface area contributed by atoms with Gasteiger partial charge in [0.2, 0.25) is 11.9 Å². The van der Waals surface area contributed by atoms with Crippen LogP contribution in [-0.2, 0) is 11.3 Å². The summed E-state index contributed by atoms with van der Waals surface area (Å²) in [6, 6.07) is 3.88. The van der Waals surface area contributed by atoms with Gasteiger partial charge in [0.15, 0.2) is 5.16 Å². The molecule has 0 spiro atoms. The lowest BCUT2D eigenvalue weighted by Crippen LogP contribution is -2.45. The molecule has 2 aliphatic heterocycles. The Morgan fingerprint density at radius 2 is 1.87 bits per heavy atom. The first-order valence-electron chi connectivity index (χ1n) is 11.6. The fourth-order valence-corrected chi connectivity index (χ4v) is 5.74. The maximum atomic E-state index is 13.2. The fourth-order valence-electron chi connectivity index (χ4n) is 4.82. The molecule has 2 aromatic heterocycles. The molecule has 2 aliphatic rings. The average Bonchev–Trinajstić information content (AvgIpc) is 3.38. The third-order valence-electron chi connectivity index (χ3n) is 6.47. The van der Waals surface area contributed by atoms with E-state index in [1.165, 1.54) is 18.2 Å². The van der Waals surface area contributed by atoms with E-state index >= 15 is 0 Å². The molecule has 170 valence electrons. The van der Waals surface area contributed by atoms with E-state index in [0.717, 1.165) is 61.8 Å². The Morgan fingerprint density at radius 1 is 1.16 bits per heavy atom. The SMILES string of the molecule is CC1CCN(c2nnc(SC(C)C(=O)N3CC(C)CC(C)C3)n2Cc2ccco2)CC1. The van der Waals surface area contributed by atoms with E-state index in [4.69, 9.17) is 4.42 Å². The predicted octanol–water partition coefficient (Wildman–Crippen LogP) is 4.14. The number of carbonyl (C=O) groups excluding carboxylic acids is 1. The van der Waals surface area contributed by atoms with Crippen LogP contribution >= 0.6 is 11.8 Å². The van der Waals surface area contributed by atoms with Crippen LogP contribution in [0.4, 0.5) is 5.95 Å². The Hall–Kier alpha value is -1.96. The predicted molar refractivity (Wildman–Crippen MR) is 123 cm³/mol. The van der Waals surface area contributed by atoms with Crippen LogP contribution in [0.15, 0.2) is 28.0 Å². The second-order valence-electron chi connectivity index (χ2n) is 9.57. The van der Waals surface area contributed by atoms with Gasteiger partial charge in [0.05, 0.1) is 18.1 Å². The highest BCUT2D eigenvalue weighted by atomic mass is 32.2. The van der Waals surface area contributed by atoms with Gasteiger partial charge in [-0.25, -0.2) is 0 Å². The fraction of sp³-hybridized carbons (Fsp3) is 0.696. The normalized spacial score (nSPS) is 23.9. The van der Waals surface area contributed by atoms with Crippen LogP contribution in [0.2, 0.25) is 0 Å². The van der Waals surface area contributed by atoms with Crippen molar-refractivity contribution in [3.05, 3.63) is 24.2 Å². The summed E-state index contributed by atoms with van der Waals surface area (Å²) in [6.07, 6.45) is 5.22. The molecular weight excluding hydrogens is 410 g/mol. The molecule has 2 fully saturated rings. The summed E-state index contributed by atoms with van der Waals surface area (Å²) in [4.78, 5) is 17.5. The van der Waals surface area contributed by atoms with Gasteiger partial charge >= 0.3 is 0 Å². The molecule has 4 heterocycles. The topological polar surface area (TPSA) is 67.4 Å². The molecule has 0 aromatic carbocycles. The number of piperidine rings is 2. The number of aromatic nitrogens is 3. The number of anilines is 1. The zero-order chi connectivity index (χ0) is 22.0. The zero-order valence-corrected chi connectivity index (χ0v) is 20.0. The van der Waals surface area contributed by atoms with Crippen LogP contribution in [0.3, 0.4) is 0 Å². The first-order valence-corrected chi connectivity index (χ1v) is 12.4. The molecule has 31 heavy (non-hydrogen) atoms. The number of likely N-dealkylation sites (tertiary alicyclic amines) is 1. The number of thioether (sulfide) groups is 1. The van der Waals surface area contributed by atoms with Crippen molar-refractivity contribution in [2.24, 2.45) is 17.8 Å². The van der Waals surface area contributed by atoms with Gasteiger partial charge in [-0.2, -0.15) is 0 Å². The Balaban J connectivity index is 1.52. The molecule has 0 aliphatic carbocycles. The lowest BCUT2D eigenvalue weighted by atomic mass is 9.92. The van der Waals surface area contributed by atoms with Crippen LogP contribution in [0.5, 0.6) is 0 Å². The van der Waals surface area contributed by atoms with Crippen molar-refractivity contribution in [2.75, 3.05) is 31.1 Å². The maximum Gasteiger partial charge on any atom is 0.235 e. The molecule has 2 aromatic rings. The van der Waals surface area contributed by atoms with Crippen molar-refractivity contribution >= 4 is 23.6 Å². The van der Waals surface area contributed by atoms with E-state index < -0.39 is 0 Å². The quantitative estimate of drug-likeness (QED) is 0.623. The Bertz CT molecular complexity index is 849. The van der Waals surface area contributed by atoms with Crippen molar-refractivity contribution < 1.29 is 9.21 Å². The molecule has 3 unspecified atom stereocenters. The van der Waals surface area contributed by atoms with Gasteiger partial charge in [-0.05, 0) is 56.1 Å². The van der Waals surface area contributed by atoms with Crippen LogP contribution in [-0.4, -0.2) is 57.0 Å². The van der Waals surface area contributed by atoms with Crippen molar-refractivity contribution in [2.45, 2.75) is 63.9 Å². The van der Waals surface area contributed by atoms with Crippen LogP contribution in [0.1, 0.15) is 52.7 Å². The van der Waals surface area contributed by atoms with E-state index in [1.54, 1.807) is 6.26 Å². The van der Waals surface area contributed by atoms with Crippen LogP contribution in [0, 0.1) is 17.8 Å².